The second-order valence-electron chi connectivity index (χ2n) is 5.24. The summed E-state index contributed by atoms with van der Waals surface area (Å²) in [7, 11) is 3.97. The van der Waals surface area contributed by atoms with Crippen LogP contribution in [0.15, 0.2) is 12.3 Å². The number of halogens is 1. The number of piperidine rings is 1. The number of hydrogen-bond donors (Lipinski definition) is 2. The highest BCUT2D eigenvalue weighted by molar-refractivity contribution is 5.92. The summed E-state index contributed by atoms with van der Waals surface area (Å²) in [5, 5.41) is 10.6. The minimum atomic E-state index is -0.0932. The van der Waals surface area contributed by atoms with Crippen LogP contribution in [0.4, 0.5) is 0 Å². The fourth-order valence-corrected chi connectivity index (χ4v) is 2.21. The summed E-state index contributed by atoms with van der Waals surface area (Å²) in [4.78, 5) is 13.9. The summed E-state index contributed by atoms with van der Waals surface area (Å²) in [6.07, 6.45) is 4.18. The summed E-state index contributed by atoms with van der Waals surface area (Å²) >= 11 is 0. The van der Waals surface area contributed by atoms with E-state index < -0.39 is 0 Å². The van der Waals surface area contributed by atoms with Crippen molar-refractivity contribution in [3.8, 4) is 0 Å². The molecule has 1 aliphatic rings. The van der Waals surface area contributed by atoms with Crippen LogP contribution in [0.25, 0.3) is 0 Å². The maximum atomic E-state index is 11.9. The van der Waals surface area contributed by atoms with E-state index in [0.717, 1.165) is 32.5 Å². The monoisotopic (exact) mass is 301 g/mol. The average molecular weight is 302 g/mol. The highest BCUT2D eigenvalue weighted by Gasteiger charge is 2.17. The number of rotatable bonds is 5. The van der Waals surface area contributed by atoms with Gasteiger partial charge in [-0.25, -0.2) is 0 Å². The molecule has 0 aliphatic carbocycles. The van der Waals surface area contributed by atoms with Crippen molar-refractivity contribution in [2.75, 3.05) is 40.3 Å². The number of carbonyl (C=O) groups excluding carboxylic acids is 1. The fourth-order valence-electron chi connectivity index (χ4n) is 2.21. The molecule has 0 spiro atoms. The van der Waals surface area contributed by atoms with Gasteiger partial charge in [0.2, 0.25) is 0 Å². The zero-order valence-corrected chi connectivity index (χ0v) is 12.9. The van der Waals surface area contributed by atoms with Gasteiger partial charge in [0, 0.05) is 25.8 Å². The minimum absolute atomic E-state index is 0. The Balaban J connectivity index is 0.00000200. The summed E-state index contributed by atoms with van der Waals surface area (Å²) in [6.45, 7) is 3.49. The van der Waals surface area contributed by atoms with E-state index in [4.69, 9.17) is 0 Å². The van der Waals surface area contributed by atoms with Crippen molar-refractivity contribution in [2.45, 2.75) is 18.9 Å². The minimum Gasteiger partial charge on any atom is -0.349 e. The summed E-state index contributed by atoms with van der Waals surface area (Å²) < 4.78 is 1.91. The van der Waals surface area contributed by atoms with Gasteiger partial charge >= 0.3 is 0 Å². The third-order valence-corrected chi connectivity index (χ3v) is 3.33. The molecule has 1 unspecified atom stereocenters. The molecular weight excluding hydrogens is 278 g/mol. The normalized spacial score (nSPS) is 18.6. The lowest BCUT2D eigenvalue weighted by Gasteiger charge is -2.22. The van der Waals surface area contributed by atoms with Crippen molar-refractivity contribution in [1.82, 2.24) is 25.3 Å². The summed E-state index contributed by atoms with van der Waals surface area (Å²) in [5.41, 5.74) is 0.504. The Kier molecular flexibility index (Phi) is 6.98. The smallest absolute Gasteiger partial charge is 0.271 e. The van der Waals surface area contributed by atoms with Gasteiger partial charge in [-0.05, 0) is 39.5 Å². The van der Waals surface area contributed by atoms with E-state index >= 15 is 0 Å². The molecule has 1 saturated heterocycles. The molecule has 2 rings (SSSR count). The van der Waals surface area contributed by atoms with Crippen LogP contribution in [0.1, 0.15) is 29.4 Å². The first-order valence-corrected chi connectivity index (χ1v) is 6.85. The van der Waals surface area contributed by atoms with E-state index in [1.165, 1.54) is 0 Å². The summed E-state index contributed by atoms with van der Waals surface area (Å²) in [5.74, 6) is -0.0932. The lowest BCUT2D eigenvalue weighted by atomic mass is 10.1. The molecule has 2 N–H and O–H groups in total. The Bertz CT molecular complexity index is 415. The number of amides is 1. The molecule has 0 saturated carbocycles. The Labute approximate surface area is 126 Å². The van der Waals surface area contributed by atoms with Gasteiger partial charge in [0.25, 0.3) is 5.91 Å². The molecule has 0 bridgehead atoms. The van der Waals surface area contributed by atoms with Crippen LogP contribution >= 0.6 is 12.4 Å². The second-order valence-corrected chi connectivity index (χ2v) is 5.24. The van der Waals surface area contributed by atoms with Crippen LogP contribution in [0.2, 0.25) is 0 Å². The van der Waals surface area contributed by atoms with E-state index in [0.29, 0.717) is 18.3 Å². The summed E-state index contributed by atoms with van der Waals surface area (Å²) in [6, 6.07) is 2.16. The maximum Gasteiger partial charge on any atom is 0.271 e. The zero-order chi connectivity index (χ0) is 13.7. The standard InChI is InChI=1S/C13H23N5O.ClH/c1-17(2)9-7-15-13(19)12-5-8-18(16-12)11-4-3-6-14-10-11;/h5,8,11,14H,3-4,6-7,9-10H2,1-2H3,(H,15,19);1H. The van der Waals surface area contributed by atoms with Crippen LogP contribution in [0.3, 0.4) is 0 Å². The van der Waals surface area contributed by atoms with Gasteiger partial charge in [-0.2, -0.15) is 5.10 Å². The van der Waals surface area contributed by atoms with E-state index in [-0.39, 0.29) is 18.3 Å². The molecule has 2 heterocycles. The highest BCUT2D eigenvalue weighted by Crippen LogP contribution is 2.15. The molecule has 20 heavy (non-hydrogen) atoms. The predicted molar refractivity (Wildman–Crippen MR) is 81.5 cm³/mol. The first kappa shape index (κ1) is 16.9. The van der Waals surface area contributed by atoms with E-state index in [1.807, 2.05) is 29.9 Å². The van der Waals surface area contributed by atoms with Crippen molar-refractivity contribution < 1.29 is 4.79 Å². The van der Waals surface area contributed by atoms with Crippen molar-refractivity contribution in [2.24, 2.45) is 0 Å². The third-order valence-electron chi connectivity index (χ3n) is 3.33. The van der Waals surface area contributed by atoms with Gasteiger partial charge in [0.1, 0.15) is 5.69 Å². The maximum absolute atomic E-state index is 11.9. The van der Waals surface area contributed by atoms with Crippen LogP contribution in [-0.4, -0.2) is 60.9 Å². The van der Waals surface area contributed by atoms with Gasteiger partial charge in [-0.15, -0.1) is 12.4 Å². The molecular formula is C13H24ClN5O. The lowest BCUT2D eigenvalue weighted by molar-refractivity contribution is 0.0944. The number of hydrogen-bond acceptors (Lipinski definition) is 4. The molecule has 1 amide bonds. The SMILES string of the molecule is CN(C)CCNC(=O)c1ccn(C2CCCNC2)n1.Cl. The number of nitrogens with zero attached hydrogens (tertiary/aromatic N) is 3. The Morgan fingerprint density at radius 3 is 3.05 bits per heavy atom. The topological polar surface area (TPSA) is 62.2 Å². The van der Waals surface area contributed by atoms with Crippen molar-refractivity contribution in [3.05, 3.63) is 18.0 Å². The zero-order valence-electron chi connectivity index (χ0n) is 12.1. The van der Waals surface area contributed by atoms with Crippen molar-refractivity contribution in [3.63, 3.8) is 0 Å². The Hall–Kier alpha value is -1.11. The number of nitrogens with one attached hydrogen (secondary N) is 2. The molecule has 0 aromatic carbocycles. The van der Waals surface area contributed by atoms with Gasteiger partial charge in [0.15, 0.2) is 0 Å². The average Bonchev–Trinajstić information content (AvgIpc) is 2.89. The lowest BCUT2D eigenvalue weighted by Crippen LogP contribution is -2.33. The first-order chi connectivity index (χ1) is 9.16. The number of likely N-dealkylation sites (N-methyl/N-ethyl adjacent to an activating group) is 1. The Morgan fingerprint density at radius 1 is 1.60 bits per heavy atom. The fraction of sp³-hybridized carbons (Fsp3) is 0.692. The van der Waals surface area contributed by atoms with Gasteiger partial charge in [-0.3, -0.25) is 9.48 Å². The Morgan fingerprint density at radius 2 is 2.40 bits per heavy atom. The van der Waals surface area contributed by atoms with Crippen molar-refractivity contribution in [1.29, 1.82) is 0 Å². The van der Waals surface area contributed by atoms with E-state index in [2.05, 4.69) is 15.7 Å². The molecule has 6 nitrogen and oxygen atoms in total. The van der Waals surface area contributed by atoms with Gasteiger partial charge in [-0.1, -0.05) is 0 Å². The second kappa shape index (κ2) is 8.24. The molecule has 1 aliphatic heterocycles. The molecule has 1 fully saturated rings. The highest BCUT2D eigenvalue weighted by atomic mass is 35.5. The number of carbonyl (C=O) groups is 1. The van der Waals surface area contributed by atoms with Crippen molar-refractivity contribution >= 4 is 18.3 Å². The number of aromatic nitrogens is 2. The molecule has 0 radical (unpaired) electrons. The van der Waals surface area contributed by atoms with E-state index in [9.17, 15) is 4.79 Å². The van der Waals surface area contributed by atoms with Crippen LogP contribution in [0, 0.1) is 0 Å². The molecule has 1 atom stereocenters. The molecule has 1 aromatic rings. The predicted octanol–water partition coefficient (Wildman–Crippen LogP) is 0.521. The van der Waals surface area contributed by atoms with Gasteiger partial charge in [0.05, 0.1) is 6.04 Å². The quantitative estimate of drug-likeness (QED) is 0.832. The van der Waals surface area contributed by atoms with Crippen LogP contribution in [0.5, 0.6) is 0 Å². The first-order valence-electron chi connectivity index (χ1n) is 6.85. The third kappa shape index (κ3) is 4.77. The van der Waals surface area contributed by atoms with Gasteiger partial charge < -0.3 is 15.5 Å². The van der Waals surface area contributed by atoms with Crippen LogP contribution in [-0.2, 0) is 0 Å². The largest absolute Gasteiger partial charge is 0.349 e. The van der Waals surface area contributed by atoms with E-state index in [1.54, 1.807) is 6.07 Å². The molecule has 114 valence electrons. The van der Waals surface area contributed by atoms with Crippen LogP contribution < -0.4 is 10.6 Å². The molecule has 1 aromatic heterocycles. The molecule has 7 heteroatoms.